The van der Waals surface area contributed by atoms with Gasteiger partial charge in [0, 0.05) is 43.1 Å². The van der Waals surface area contributed by atoms with E-state index in [9.17, 15) is 9.59 Å². The van der Waals surface area contributed by atoms with Crippen LogP contribution in [0.5, 0.6) is 0 Å². The van der Waals surface area contributed by atoms with E-state index in [1.54, 1.807) is 0 Å². The van der Waals surface area contributed by atoms with Gasteiger partial charge in [-0.3, -0.25) is 14.2 Å². The molecule has 8 nitrogen and oxygen atoms in total. The van der Waals surface area contributed by atoms with Crippen molar-refractivity contribution in [1.29, 1.82) is 0 Å². The van der Waals surface area contributed by atoms with Crippen LogP contribution in [-0.4, -0.2) is 90.9 Å². The van der Waals surface area contributed by atoms with Crippen LogP contribution in [-0.2, 0) is 19.0 Å². The molecule has 0 aromatic rings. The lowest BCUT2D eigenvalue weighted by Gasteiger charge is -2.44. The van der Waals surface area contributed by atoms with Crippen molar-refractivity contribution in [2.75, 3.05) is 52.3 Å². The predicted octanol–water partition coefficient (Wildman–Crippen LogP) is 12.5. The van der Waals surface area contributed by atoms with Crippen LogP contribution in [0.25, 0.3) is 0 Å². The second kappa shape index (κ2) is 20.0. The van der Waals surface area contributed by atoms with Gasteiger partial charge in [-0.05, 0) is 147 Å². The van der Waals surface area contributed by atoms with Gasteiger partial charge in [0.2, 0.25) is 11.8 Å². The Bertz CT molecular complexity index is 1330. The zero-order valence-corrected chi connectivity index (χ0v) is 44.5. The number of nitrogens with two attached hydrogens (primary N) is 1. The van der Waals surface area contributed by atoms with E-state index in [-0.39, 0.29) is 50.2 Å². The molecule has 0 bridgehead atoms. The fourth-order valence-electron chi connectivity index (χ4n) is 10.3. The van der Waals surface area contributed by atoms with Gasteiger partial charge in [0.15, 0.2) is 0 Å². The fourth-order valence-corrected chi connectivity index (χ4v) is 14.5. The summed E-state index contributed by atoms with van der Waals surface area (Å²) in [6, 6.07) is 0. The van der Waals surface area contributed by atoms with Crippen molar-refractivity contribution < 1.29 is 19.0 Å². The summed E-state index contributed by atoms with van der Waals surface area (Å²) in [5.41, 5.74) is 4.43. The van der Waals surface area contributed by atoms with E-state index >= 15 is 0 Å². The Morgan fingerprint density at radius 2 is 1.21 bits per heavy atom. The third-order valence-corrected chi connectivity index (χ3v) is 15.7. The van der Waals surface area contributed by atoms with Gasteiger partial charge in [-0.15, -0.1) is 0 Å². The lowest BCUT2D eigenvalue weighted by atomic mass is 9.73. The minimum absolute atomic E-state index is 0.0268. The molecule has 2 unspecified atom stereocenters. The molecule has 0 saturated heterocycles. The zero-order valence-electron chi connectivity index (χ0n) is 42.7. The zero-order chi connectivity index (χ0) is 45.8. The molecule has 0 radical (unpaired) electrons. The fraction of sp³-hybridized carbons (Fsp3) is 0.958. The highest BCUT2D eigenvalue weighted by molar-refractivity contribution is 7.55. The van der Waals surface area contributed by atoms with Gasteiger partial charge >= 0.3 is 0 Å². The first-order chi connectivity index (χ1) is 25.5. The van der Waals surface area contributed by atoms with Crippen LogP contribution >= 0.6 is 16.2 Å². The maximum Gasteiger partial charge on any atom is 0.228 e. The molecule has 0 spiro atoms. The highest BCUT2D eigenvalue weighted by Crippen LogP contribution is 2.48. The van der Waals surface area contributed by atoms with E-state index in [0.717, 1.165) is 70.4 Å². The monoisotopic (exact) mass is 857 g/mol. The minimum atomic E-state index is -0.797. The number of rotatable bonds is 27. The van der Waals surface area contributed by atoms with Crippen LogP contribution in [0.2, 0.25) is 0 Å². The number of hydroxylamine groups is 2. The first kappa shape index (κ1) is 55.7. The van der Waals surface area contributed by atoms with Crippen molar-refractivity contribution in [3.05, 3.63) is 0 Å². The highest BCUT2D eigenvalue weighted by Gasteiger charge is 2.47. The normalized spacial score (nSPS) is 17.3. The Kier molecular flexibility index (Phi) is 19.2. The molecular weight excluding hydrogens is 758 g/mol. The van der Waals surface area contributed by atoms with Crippen molar-refractivity contribution in [2.24, 2.45) is 43.6 Å². The summed E-state index contributed by atoms with van der Waals surface area (Å²) in [5, 5.41) is 5.48. The Balaban J connectivity index is 2.87. The van der Waals surface area contributed by atoms with E-state index in [2.05, 4.69) is 146 Å². The molecule has 0 heterocycles. The molecular formula is C48H98N4O4P2. The van der Waals surface area contributed by atoms with Crippen LogP contribution in [0, 0.1) is 37.9 Å². The smallest absolute Gasteiger partial charge is 0.228 e. The number of carbonyl (C=O) groups is 2. The summed E-state index contributed by atoms with van der Waals surface area (Å²) >= 11 is 0. The Morgan fingerprint density at radius 1 is 0.707 bits per heavy atom. The molecule has 58 heavy (non-hydrogen) atoms. The first-order valence-corrected chi connectivity index (χ1v) is 26.3. The molecule has 1 rings (SSSR count). The van der Waals surface area contributed by atoms with Crippen molar-refractivity contribution in [1.82, 2.24) is 15.1 Å². The van der Waals surface area contributed by atoms with Gasteiger partial charge in [0.1, 0.15) is 0 Å². The van der Waals surface area contributed by atoms with Gasteiger partial charge in [0.05, 0.1) is 19.4 Å². The van der Waals surface area contributed by atoms with E-state index in [0.29, 0.717) is 18.4 Å². The number of ether oxygens (including phenoxy) is 1. The SMILES string of the molecule is CCC(C)(C)CP(C)ON(C)CCC(C)(C)CC(C)(C)OC(C)(C)CC(C)(C)CP(C)NC(=O)C(C)(C)CC(C)(C)C(=O)N(CC(C)(C)CC(C)(C)N)CC1(C)CC1. The predicted molar refractivity (Wildman–Crippen MR) is 255 cm³/mol. The van der Waals surface area contributed by atoms with Gasteiger partial charge in [-0.25, -0.2) is 0 Å². The molecule has 10 heteroatoms. The maximum absolute atomic E-state index is 14.4. The second-order valence-electron chi connectivity index (χ2n) is 25.8. The van der Waals surface area contributed by atoms with Crippen molar-refractivity contribution in [2.45, 2.75) is 207 Å². The summed E-state index contributed by atoms with van der Waals surface area (Å²) in [6.07, 6.45) is 9.56. The number of amides is 2. The third kappa shape index (κ3) is 21.6. The molecule has 3 N–H and O–H groups in total. The van der Waals surface area contributed by atoms with E-state index in [4.69, 9.17) is 15.1 Å². The third-order valence-electron chi connectivity index (χ3n) is 11.9. The Morgan fingerprint density at radius 3 is 1.67 bits per heavy atom. The Labute approximate surface area is 363 Å². The van der Waals surface area contributed by atoms with Gasteiger partial charge in [-0.1, -0.05) is 103 Å². The molecule has 0 aliphatic heterocycles. The number of nitrogens with one attached hydrogen (secondary N) is 1. The molecule has 1 saturated carbocycles. The molecule has 1 aliphatic rings. The number of nitrogens with zero attached hydrogens (tertiary/aromatic N) is 2. The highest BCUT2D eigenvalue weighted by atomic mass is 31.1. The van der Waals surface area contributed by atoms with Crippen LogP contribution in [0.1, 0.15) is 190 Å². The maximum atomic E-state index is 14.4. The van der Waals surface area contributed by atoms with E-state index in [1.807, 2.05) is 27.7 Å². The average Bonchev–Trinajstić information content (AvgIpc) is 3.66. The lowest BCUT2D eigenvalue weighted by Crippen LogP contribution is -2.51. The van der Waals surface area contributed by atoms with Gasteiger partial charge < -0.3 is 20.5 Å². The summed E-state index contributed by atoms with van der Waals surface area (Å²) in [5.74, 6) is 0.163. The largest absolute Gasteiger partial charge is 0.370 e. The summed E-state index contributed by atoms with van der Waals surface area (Å²) in [6.45, 7) is 50.7. The van der Waals surface area contributed by atoms with Crippen LogP contribution in [0.3, 0.4) is 0 Å². The second-order valence-corrected chi connectivity index (χ2v) is 29.5. The number of hydrogen-bond acceptors (Lipinski definition) is 6. The standard InChI is InChI=1S/C48H98N4O4P2/c1-24-39(2,3)36-58(23)56-51(21)28-27-40(4,5)30-46(16,17)55-47(18,19)31-42(8,9)35-57(22)50-37(53)43(10,11)32-44(12,13)38(54)52(34-48(20)25-26-48)33-41(6,7)29-45(14,15)49/h24-36,49H2,1-23H3,(H,50,53). The summed E-state index contributed by atoms with van der Waals surface area (Å²) in [4.78, 5) is 30.5. The molecule has 0 aromatic carbocycles. The van der Waals surface area contributed by atoms with Crippen LogP contribution in [0.15, 0.2) is 0 Å². The molecule has 0 aromatic heterocycles. The van der Waals surface area contributed by atoms with Crippen LogP contribution in [0.4, 0.5) is 0 Å². The van der Waals surface area contributed by atoms with Crippen molar-refractivity contribution >= 4 is 28.0 Å². The van der Waals surface area contributed by atoms with Gasteiger partial charge in [0.25, 0.3) is 0 Å². The first-order valence-electron chi connectivity index (χ1n) is 22.5. The summed E-state index contributed by atoms with van der Waals surface area (Å²) in [7, 11) is 0.783. The van der Waals surface area contributed by atoms with E-state index < -0.39 is 27.1 Å². The van der Waals surface area contributed by atoms with E-state index in [1.165, 1.54) is 0 Å². The number of hydrogen-bond donors (Lipinski definition) is 2. The Hall–Kier alpha value is -0.360. The topological polar surface area (TPSA) is 97.1 Å². The molecule has 2 atom stereocenters. The molecule has 2 amide bonds. The summed E-state index contributed by atoms with van der Waals surface area (Å²) < 4.78 is 13.3. The molecule has 344 valence electrons. The van der Waals surface area contributed by atoms with Crippen molar-refractivity contribution in [3.8, 4) is 0 Å². The lowest BCUT2D eigenvalue weighted by molar-refractivity contribution is -0.151. The average molecular weight is 857 g/mol. The molecule has 1 fully saturated rings. The van der Waals surface area contributed by atoms with Gasteiger partial charge in [-0.2, -0.15) is 5.06 Å². The van der Waals surface area contributed by atoms with Crippen molar-refractivity contribution in [3.63, 3.8) is 0 Å². The van der Waals surface area contributed by atoms with Crippen LogP contribution < -0.4 is 10.8 Å². The molecule has 1 aliphatic carbocycles. The minimum Gasteiger partial charge on any atom is -0.370 e. The number of carbonyl (C=O) groups excluding carboxylic acids is 2. The quantitative estimate of drug-likeness (QED) is 0.0631.